The van der Waals surface area contributed by atoms with Gasteiger partial charge in [-0.05, 0) is 50.9 Å². The Morgan fingerprint density at radius 1 is 1.00 bits per heavy atom. The van der Waals surface area contributed by atoms with E-state index in [-0.39, 0.29) is 16.8 Å². The SMILES string of the molecule is Cn1cccc(-c2cccc(B3OC(C)(C)C(C)(C)O3)c2)c1=O. The average Bonchev–Trinajstić information content (AvgIpc) is 2.71. The minimum atomic E-state index is -0.424. The van der Waals surface area contributed by atoms with Crippen LogP contribution in [0.15, 0.2) is 47.4 Å². The standard InChI is InChI=1S/C18H22BNO3/c1-17(2)18(3,4)23-19(22-17)14-9-6-8-13(12-14)15-10-7-11-20(5)16(15)21/h6-12H,1-5H3. The van der Waals surface area contributed by atoms with Crippen molar-refractivity contribution >= 4 is 12.6 Å². The monoisotopic (exact) mass is 311 g/mol. The van der Waals surface area contributed by atoms with Crippen molar-refractivity contribution in [1.82, 2.24) is 4.57 Å². The van der Waals surface area contributed by atoms with Crippen LogP contribution in [0, 0.1) is 0 Å². The summed E-state index contributed by atoms with van der Waals surface area (Å²) in [5.41, 5.74) is 1.70. The molecule has 0 unspecified atom stereocenters. The first kappa shape index (κ1) is 16.0. The van der Waals surface area contributed by atoms with Crippen molar-refractivity contribution in [3.05, 3.63) is 52.9 Å². The highest BCUT2D eigenvalue weighted by molar-refractivity contribution is 6.62. The summed E-state index contributed by atoms with van der Waals surface area (Å²) < 4.78 is 13.8. The van der Waals surface area contributed by atoms with E-state index in [9.17, 15) is 4.79 Å². The highest BCUT2D eigenvalue weighted by Crippen LogP contribution is 2.36. The summed E-state index contributed by atoms with van der Waals surface area (Å²) in [7, 11) is 1.33. The molecule has 1 saturated heterocycles. The van der Waals surface area contributed by atoms with Gasteiger partial charge < -0.3 is 13.9 Å². The van der Waals surface area contributed by atoms with Gasteiger partial charge in [0, 0.05) is 18.8 Å². The Kier molecular flexibility index (Phi) is 3.73. The Morgan fingerprint density at radius 3 is 2.30 bits per heavy atom. The van der Waals surface area contributed by atoms with E-state index in [2.05, 4.69) is 0 Å². The van der Waals surface area contributed by atoms with Crippen LogP contribution in [-0.4, -0.2) is 22.9 Å². The van der Waals surface area contributed by atoms with Gasteiger partial charge in [0.05, 0.1) is 11.2 Å². The van der Waals surface area contributed by atoms with Gasteiger partial charge in [0.1, 0.15) is 0 Å². The smallest absolute Gasteiger partial charge is 0.399 e. The zero-order valence-corrected chi connectivity index (χ0v) is 14.3. The highest BCUT2D eigenvalue weighted by atomic mass is 16.7. The number of hydrogen-bond acceptors (Lipinski definition) is 3. The first-order valence-corrected chi connectivity index (χ1v) is 7.83. The third kappa shape index (κ3) is 2.75. The topological polar surface area (TPSA) is 40.5 Å². The summed E-state index contributed by atoms with van der Waals surface area (Å²) in [6, 6.07) is 11.5. The molecule has 0 saturated carbocycles. The molecule has 1 fully saturated rings. The normalized spacial score (nSPS) is 19.1. The lowest BCUT2D eigenvalue weighted by Gasteiger charge is -2.32. The summed E-state index contributed by atoms with van der Waals surface area (Å²) in [5.74, 6) is 0. The van der Waals surface area contributed by atoms with Gasteiger partial charge in [-0.15, -0.1) is 0 Å². The fraction of sp³-hybridized carbons (Fsp3) is 0.389. The molecule has 5 heteroatoms. The Labute approximate surface area is 137 Å². The molecule has 1 aromatic heterocycles. The van der Waals surface area contributed by atoms with Crippen molar-refractivity contribution in [3.8, 4) is 11.1 Å². The first-order chi connectivity index (χ1) is 10.7. The molecule has 2 aromatic rings. The van der Waals surface area contributed by atoms with E-state index in [1.165, 1.54) is 0 Å². The van der Waals surface area contributed by atoms with Gasteiger partial charge in [0.25, 0.3) is 5.56 Å². The van der Waals surface area contributed by atoms with Crippen LogP contribution in [0.25, 0.3) is 11.1 Å². The average molecular weight is 311 g/mol. The lowest BCUT2D eigenvalue weighted by atomic mass is 9.78. The maximum Gasteiger partial charge on any atom is 0.494 e. The van der Waals surface area contributed by atoms with Gasteiger partial charge in [0.2, 0.25) is 0 Å². The number of nitrogens with zero attached hydrogens (tertiary/aromatic N) is 1. The molecule has 0 amide bonds. The van der Waals surface area contributed by atoms with E-state index in [0.29, 0.717) is 5.56 Å². The van der Waals surface area contributed by atoms with Crippen LogP contribution in [0.5, 0.6) is 0 Å². The fourth-order valence-corrected chi connectivity index (χ4v) is 2.65. The summed E-state index contributed by atoms with van der Waals surface area (Å²) in [6.45, 7) is 8.13. The highest BCUT2D eigenvalue weighted by Gasteiger charge is 2.51. The zero-order chi connectivity index (χ0) is 16.8. The van der Waals surface area contributed by atoms with Gasteiger partial charge in [-0.2, -0.15) is 0 Å². The molecule has 0 aliphatic carbocycles. The van der Waals surface area contributed by atoms with Gasteiger partial charge in [-0.25, -0.2) is 0 Å². The largest absolute Gasteiger partial charge is 0.494 e. The molecule has 0 N–H and O–H groups in total. The quantitative estimate of drug-likeness (QED) is 0.800. The molecule has 0 atom stereocenters. The van der Waals surface area contributed by atoms with Crippen molar-refractivity contribution in [1.29, 1.82) is 0 Å². The molecular formula is C18H22BNO3. The van der Waals surface area contributed by atoms with E-state index in [1.54, 1.807) is 17.8 Å². The lowest BCUT2D eigenvalue weighted by Crippen LogP contribution is -2.41. The molecule has 0 radical (unpaired) electrons. The predicted octanol–water partition coefficient (Wildman–Crippen LogP) is 2.35. The van der Waals surface area contributed by atoms with Crippen molar-refractivity contribution < 1.29 is 9.31 Å². The fourth-order valence-electron chi connectivity index (χ4n) is 2.65. The van der Waals surface area contributed by atoms with Gasteiger partial charge in [-0.3, -0.25) is 4.79 Å². The number of benzene rings is 1. The first-order valence-electron chi connectivity index (χ1n) is 7.83. The number of aryl methyl sites for hydroxylation is 1. The van der Waals surface area contributed by atoms with Gasteiger partial charge in [0.15, 0.2) is 0 Å². The van der Waals surface area contributed by atoms with Crippen LogP contribution in [0.2, 0.25) is 0 Å². The summed E-state index contributed by atoms with van der Waals surface area (Å²) in [5, 5.41) is 0. The number of aromatic nitrogens is 1. The summed E-state index contributed by atoms with van der Waals surface area (Å²) in [4.78, 5) is 12.3. The Bertz CT molecular complexity index is 779. The van der Waals surface area contributed by atoms with Gasteiger partial charge in [-0.1, -0.05) is 24.3 Å². The molecule has 0 bridgehead atoms. The minimum absolute atomic E-state index is 0.0152. The molecule has 1 aliphatic rings. The Hall–Kier alpha value is -1.85. The van der Waals surface area contributed by atoms with E-state index < -0.39 is 7.12 Å². The number of rotatable bonds is 2. The summed E-state index contributed by atoms with van der Waals surface area (Å²) >= 11 is 0. The molecule has 2 heterocycles. The maximum absolute atomic E-state index is 12.3. The lowest BCUT2D eigenvalue weighted by molar-refractivity contribution is 0.00578. The van der Waals surface area contributed by atoms with Crippen LogP contribution in [0.4, 0.5) is 0 Å². The van der Waals surface area contributed by atoms with Crippen molar-refractivity contribution in [3.63, 3.8) is 0 Å². The van der Waals surface area contributed by atoms with Gasteiger partial charge >= 0.3 is 7.12 Å². The summed E-state index contributed by atoms with van der Waals surface area (Å²) in [6.07, 6.45) is 1.75. The van der Waals surface area contributed by atoms with Crippen molar-refractivity contribution in [2.24, 2.45) is 7.05 Å². The zero-order valence-electron chi connectivity index (χ0n) is 14.3. The third-order valence-electron chi connectivity index (χ3n) is 4.85. The van der Waals surface area contributed by atoms with Crippen molar-refractivity contribution in [2.45, 2.75) is 38.9 Å². The van der Waals surface area contributed by atoms with Crippen molar-refractivity contribution in [2.75, 3.05) is 0 Å². The molecule has 120 valence electrons. The predicted molar refractivity (Wildman–Crippen MR) is 92.8 cm³/mol. The Balaban J connectivity index is 1.99. The van der Waals surface area contributed by atoms with E-state index >= 15 is 0 Å². The maximum atomic E-state index is 12.3. The Morgan fingerprint density at radius 2 is 1.65 bits per heavy atom. The second-order valence-electron chi connectivity index (χ2n) is 7.05. The molecular weight excluding hydrogens is 289 g/mol. The van der Waals surface area contributed by atoms with Crippen LogP contribution in [0.1, 0.15) is 27.7 Å². The molecule has 4 nitrogen and oxygen atoms in total. The molecule has 23 heavy (non-hydrogen) atoms. The van der Waals surface area contributed by atoms with E-state index in [4.69, 9.17) is 9.31 Å². The van der Waals surface area contributed by atoms with Crippen LogP contribution >= 0.6 is 0 Å². The number of hydrogen-bond donors (Lipinski definition) is 0. The second kappa shape index (κ2) is 5.36. The molecule has 0 spiro atoms. The van der Waals surface area contributed by atoms with Crippen LogP contribution < -0.4 is 11.0 Å². The van der Waals surface area contributed by atoms with E-state index in [1.807, 2.05) is 64.1 Å². The second-order valence-corrected chi connectivity index (χ2v) is 7.05. The van der Waals surface area contributed by atoms with E-state index in [0.717, 1.165) is 11.0 Å². The van der Waals surface area contributed by atoms with Crippen LogP contribution in [0.3, 0.4) is 0 Å². The molecule has 3 rings (SSSR count). The third-order valence-corrected chi connectivity index (χ3v) is 4.85. The molecule has 1 aliphatic heterocycles. The molecule has 1 aromatic carbocycles. The van der Waals surface area contributed by atoms with Crippen LogP contribution in [-0.2, 0) is 16.4 Å². The minimum Gasteiger partial charge on any atom is -0.399 e. The number of pyridine rings is 1.